The molecule has 3 heterocycles. The van der Waals surface area contributed by atoms with Gasteiger partial charge in [-0.15, -0.1) is 0 Å². The minimum atomic E-state index is -0.854. The molecule has 7 heteroatoms. The van der Waals surface area contributed by atoms with Crippen molar-refractivity contribution in [1.29, 1.82) is 0 Å². The molecule has 0 aliphatic carbocycles. The second kappa shape index (κ2) is 8.27. The molecule has 0 N–H and O–H groups in total. The zero-order valence-electron chi connectivity index (χ0n) is 15.1. The third-order valence-corrected chi connectivity index (χ3v) is 5.21. The smallest absolute Gasteiger partial charge is 0.222 e. The number of hydrogen-bond acceptors (Lipinski definition) is 5. The van der Waals surface area contributed by atoms with Gasteiger partial charge < -0.3 is 14.2 Å². The number of amides is 1. The van der Waals surface area contributed by atoms with Gasteiger partial charge in [0.2, 0.25) is 5.91 Å². The Morgan fingerprint density at radius 2 is 2.36 bits per heavy atom. The van der Waals surface area contributed by atoms with Crippen molar-refractivity contribution >= 4 is 5.91 Å². The highest BCUT2D eigenvalue weighted by atomic mass is 19.1. The molecule has 25 heavy (non-hydrogen) atoms. The number of alkyl halides is 1. The minimum Gasteiger partial charge on any atom is -0.381 e. The molecular weight excluding hydrogens is 325 g/mol. The highest BCUT2D eigenvalue weighted by molar-refractivity contribution is 5.75. The topological polar surface area (TPSA) is 58.8 Å². The maximum Gasteiger partial charge on any atom is 0.222 e. The molecule has 140 valence electrons. The summed E-state index contributed by atoms with van der Waals surface area (Å²) in [6, 6.07) is 1.89. The summed E-state index contributed by atoms with van der Waals surface area (Å²) >= 11 is 0. The molecule has 2 saturated heterocycles. The van der Waals surface area contributed by atoms with Gasteiger partial charge in [-0.2, -0.15) is 0 Å². The predicted molar refractivity (Wildman–Crippen MR) is 90.7 cm³/mol. The van der Waals surface area contributed by atoms with Crippen molar-refractivity contribution in [2.24, 2.45) is 5.92 Å². The number of nitrogens with zero attached hydrogens (tertiary/aromatic N) is 3. The summed E-state index contributed by atoms with van der Waals surface area (Å²) in [5.74, 6) is 1.38. The van der Waals surface area contributed by atoms with E-state index >= 15 is 0 Å². The van der Waals surface area contributed by atoms with Crippen LogP contribution in [0.5, 0.6) is 0 Å². The van der Waals surface area contributed by atoms with Crippen molar-refractivity contribution < 1.29 is 18.4 Å². The van der Waals surface area contributed by atoms with E-state index in [4.69, 9.17) is 9.26 Å². The van der Waals surface area contributed by atoms with E-state index in [1.165, 1.54) is 0 Å². The first kappa shape index (κ1) is 18.3. The summed E-state index contributed by atoms with van der Waals surface area (Å²) in [7, 11) is 1.82. The van der Waals surface area contributed by atoms with Crippen LogP contribution in [0.15, 0.2) is 10.6 Å². The number of aryl methyl sites for hydroxylation is 1. The van der Waals surface area contributed by atoms with E-state index in [-0.39, 0.29) is 11.9 Å². The lowest BCUT2D eigenvalue weighted by atomic mass is 10.0. The number of carbonyl (C=O) groups excluding carboxylic acids is 1. The first-order valence-electron chi connectivity index (χ1n) is 9.13. The van der Waals surface area contributed by atoms with Gasteiger partial charge in [-0.1, -0.05) is 5.16 Å². The van der Waals surface area contributed by atoms with Crippen molar-refractivity contribution in [2.45, 2.75) is 51.4 Å². The van der Waals surface area contributed by atoms with Crippen molar-refractivity contribution in [2.75, 3.05) is 33.4 Å². The molecule has 1 amide bonds. The second-order valence-electron chi connectivity index (χ2n) is 7.39. The van der Waals surface area contributed by atoms with Gasteiger partial charge in [0.25, 0.3) is 0 Å². The SMILES string of the molecule is Cc1cc(CN2C[C@@H](F)C[C@H]2CN(C)C(=O)CC[C@H]2CCOC2)on1. The quantitative estimate of drug-likeness (QED) is 0.752. The van der Waals surface area contributed by atoms with Crippen LogP contribution < -0.4 is 0 Å². The maximum absolute atomic E-state index is 13.9. The molecule has 0 spiro atoms. The van der Waals surface area contributed by atoms with Crippen LogP contribution in [-0.4, -0.2) is 66.4 Å². The fraction of sp³-hybridized carbons (Fsp3) is 0.778. The first-order chi connectivity index (χ1) is 12.0. The molecule has 1 aromatic rings. The van der Waals surface area contributed by atoms with Gasteiger partial charge in [-0.3, -0.25) is 9.69 Å². The Hall–Kier alpha value is -1.47. The molecule has 0 aromatic carbocycles. The number of rotatable bonds is 7. The third-order valence-electron chi connectivity index (χ3n) is 5.21. The number of carbonyl (C=O) groups is 1. The monoisotopic (exact) mass is 353 g/mol. The molecule has 0 bridgehead atoms. The summed E-state index contributed by atoms with van der Waals surface area (Å²) in [5, 5.41) is 3.88. The van der Waals surface area contributed by atoms with E-state index < -0.39 is 6.17 Å². The summed E-state index contributed by atoms with van der Waals surface area (Å²) < 4.78 is 24.5. The van der Waals surface area contributed by atoms with Crippen LogP contribution in [0.1, 0.15) is 37.1 Å². The predicted octanol–water partition coefficient (Wildman–Crippen LogP) is 2.17. The average Bonchev–Trinajstić information content (AvgIpc) is 3.29. The minimum absolute atomic E-state index is 0.0178. The summed E-state index contributed by atoms with van der Waals surface area (Å²) in [5.41, 5.74) is 0.825. The zero-order valence-corrected chi connectivity index (χ0v) is 15.1. The van der Waals surface area contributed by atoms with Crippen molar-refractivity contribution in [3.05, 3.63) is 17.5 Å². The largest absolute Gasteiger partial charge is 0.381 e. The summed E-state index contributed by atoms with van der Waals surface area (Å²) in [6.45, 7) is 4.92. The standard InChI is InChI=1S/C18H28FN3O3/c1-13-7-17(25-20-13)11-22-9-15(19)8-16(22)10-21(2)18(23)4-3-14-5-6-24-12-14/h7,14-16H,3-6,8-12H2,1-2H3/t14-,15-,16-/m0/s1. The second-order valence-corrected chi connectivity index (χ2v) is 7.39. The molecule has 2 aliphatic heterocycles. The number of hydrogen-bond donors (Lipinski definition) is 0. The van der Waals surface area contributed by atoms with E-state index in [1.54, 1.807) is 4.90 Å². The summed E-state index contributed by atoms with van der Waals surface area (Å²) in [6.07, 6.45) is 2.07. The van der Waals surface area contributed by atoms with E-state index in [0.717, 1.165) is 37.5 Å². The van der Waals surface area contributed by atoms with Gasteiger partial charge in [0, 0.05) is 51.9 Å². The average molecular weight is 353 g/mol. The molecule has 2 fully saturated rings. The lowest BCUT2D eigenvalue weighted by Gasteiger charge is -2.28. The van der Waals surface area contributed by atoms with Crippen LogP contribution in [0.3, 0.4) is 0 Å². The number of aromatic nitrogens is 1. The number of likely N-dealkylation sites (N-methyl/N-ethyl adjacent to an activating group) is 1. The molecule has 3 rings (SSSR count). The molecule has 2 aliphatic rings. The number of halogens is 1. The summed E-state index contributed by atoms with van der Waals surface area (Å²) in [4.78, 5) is 16.2. The van der Waals surface area contributed by atoms with Gasteiger partial charge in [0.05, 0.1) is 12.2 Å². The van der Waals surface area contributed by atoms with Crippen molar-refractivity contribution in [3.8, 4) is 0 Å². The van der Waals surface area contributed by atoms with Gasteiger partial charge in [0.1, 0.15) is 6.17 Å². The van der Waals surface area contributed by atoms with E-state index in [1.807, 2.05) is 20.0 Å². The molecule has 6 nitrogen and oxygen atoms in total. The Bertz CT molecular complexity index is 574. The zero-order chi connectivity index (χ0) is 17.8. The van der Waals surface area contributed by atoms with Crippen LogP contribution in [0.4, 0.5) is 4.39 Å². The first-order valence-corrected chi connectivity index (χ1v) is 9.13. The molecule has 0 radical (unpaired) electrons. The van der Waals surface area contributed by atoms with Crippen molar-refractivity contribution in [1.82, 2.24) is 15.0 Å². The third kappa shape index (κ3) is 5.01. The van der Waals surface area contributed by atoms with Crippen LogP contribution in [0, 0.1) is 12.8 Å². The van der Waals surface area contributed by atoms with Gasteiger partial charge in [-0.05, 0) is 32.1 Å². The Balaban J connectivity index is 1.49. The Labute approximate surface area is 148 Å². The Kier molecular flexibility index (Phi) is 6.06. The van der Waals surface area contributed by atoms with Crippen LogP contribution in [0.25, 0.3) is 0 Å². The van der Waals surface area contributed by atoms with E-state index in [2.05, 4.69) is 10.1 Å². The molecule has 0 saturated carbocycles. The van der Waals surface area contributed by atoms with Crippen LogP contribution in [0.2, 0.25) is 0 Å². The van der Waals surface area contributed by atoms with Crippen LogP contribution >= 0.6 is 0 Å². The van der Waals surface area contributed by atoms with Gasteiger partial charge in [-0.25, -0.2) is 4.39 Å². The Morgan fingerprint density at radius 3 is 3.04 bits per heavy atom. The Morgan fingerprint density at radius 1 is 1.52 bits per heavy atom. The molecule has 0 unspecified atom stereocenters. The molecule has 1 aromatic heterocycles. The highest BCUT2D eigenvalue weighted by Gasteiger charge is 2.34. The van der Waals surface area contributed by atoms with Gasteiger partial charge >= 0.3 is 0 Å². The maximum atomic E-state index is 13.9. The highest BCUT2D eigenvalue weighted by Crippen LogP contribution is 2.24. The lowest BCUT2D eigenvalue weighted by Crippen LogP contribution is -2.41. The molecular formula is C18H28FN3O3. The molecule has 3 atom stereocenters. The fourth-order valence-corrected chi connectivity index (χ4v) is 3.74. The van der Waals surface area contributed by atoms with Crippen LogP contribution in [-0.2, 0) is 16.1 Å². The number of likely N-dealkylation sites (tertiary alicyclic amines) is 1. The normalized spacial score (nSPS) is 27.1. The van der Waals surface area contributed by atoms with E-state index in [0.29, 0.717) is 38.4 Å². The lowest BCUT2D eigenvalue weighted by molar-refractivity contribution is -0.130. The van der Waals surface area contributed by atoms with E-state index in [9.17, 15) is 9.18 Å². The van der Waals surface area contributed by atoms with Crippen molar-refractivity contribution in [3.63, 3.8) is 0 Å². The number of ether oxygens (including phenoxy) is 1. The fourth-order valence-electron chi connectivity index (χ4n) is 3.74. The van der Waals surface area contributed by atoms with Gasteiger partial charge in [0.15, 0.2) is 5.76 Å².